The van der Waals surface area contributed by atoms with E-state index in [0.717, 1.165) is 61.0 Å². The van der Waals surface area contributed by atoms with E-state index < -0.39 is 30.4 Å². The van der Waals surface area contributed by atoms with E-state index in [0.29, 0.717) is 17.0 Å². The van der Waals surface area contributed by atoms with E-state index in [2.05, 4.69) is 33.8 Å². The second-order valence-electron chi connectivity index (χ2n) is 15.3. The fourth-order valence-electron chi connectivity index (χ4n) is 6.88. The first-order chi connectivity index (χ1) is 29.1. The van der Waals surface area contributed by atoms with Crippen LogP contribution in [0.4, 0.5) is 0 Å². The Hall–Kier alpha value is -5.15. The number of pyridine rings is 1. The van der Waals surface area contributed by atoms with Crippen LogP contribution in [0.2, 0.25) is 0 Å². The first kappa shape index (κ1) is 32.0. The third kappa shape index (κ3) is 8.94. The van der Waals surface area contributed by atoms with Gasteiger partial charge in [-0.05, 0) is 74.6 Å². The van der Waals surface area contributed by atoms with Crippen LogP contribution in [0.3, 0.4) is 0 Å². The summed E-state index contributed by atoms with van der Waals surface area (Å²) in [5.41, 5.74) is 9.01. The molecule has 2 aromatic heterocycles. The summed E-state index contributed by atoms with van der Waals surface area (Å²) < 4.78 is 60.1. The molecule has 3 nitrogen and oxygen atoms in total. The van der Waals surface area contributed by atoms with Crippen molar-refractivity contribution < 1.29 is 29.7 Å². The Bertz CT molecular complexity index is 2820. The fraction of sp³-hybridized carbons (Fsp3) is 0.231. The smallest absolute Gasteiger partial charge is 0.0781 e. The number of aryl methyl sites for hydroxylation is 1. The first-order valence-corrected chi connectivity index (χ1v) is 18.7. The van der Waals surface area contributed by atoms with Crippen LogP contribution in [0.1, 0.15) is 92.1 Å². The van der Waals surface area contributed by atoms with Crippen LogP contribution in [-0.4, -0.2) is 14.5 Å². The topological polar surface area (TPSA) is 30.7 Å². The Morgan fingerprint density at radius 2 is 1.48 bits per heavy atom. The second kappa shape index (κ2) is 17.3. The van der Waals surface area contributed by atoms with Crippen molar-refractivity contribution in [1.29, 1.82) is 0 Å². The normalized spacial score (nSPS) is 14.2. The van der Waals surface area contributed by atoms with E-state index in [1.54, 1.807) is 18.3 Å². The maximum atomic E-state index is 9.00. The third-order valence-corrected chi connectivity index (χ3v) is 9.41. The predicted octanol–water partition coefficient (Wildman–Crippen LogP) is 14.0. The van der Waals surface area contributed by atoms with Crippen molar-refractivity contribution in [2.45, 2.75) is 73.5 Å². The molecule has 0 atom stereocenters. The third-order valence-electron chi connectivity index (χ3n) is 9.41. The van der Waals surface area contributed by atoms with Gasteiger partial charge in [0.1, 0.15) is 0 Å². The van der Waals surface area contributed by atoms with Gasteiger partial charge in [0.25, 0.3) is 0 Å². The average molecular weight is 917 g/mol. The molecule has 0 aliphatic heterocycles. The first-order valence-electron chi connectivity index (χ1n) is 22.2. The van der Waals surface area contributed by atoms with Crippen LogP contribution in [-0.2, 0) is 26.5 Å². The van der Waals surface area contributed by atoms with Crippen LogP contribution < -0.4 is 0 Å². The average Bonchev–Trinajstić information content (AvgIpc) is 3.63. The standard InChI is InChI=1S/C30H29N2.C22H22N.Ir/c1-19(2)24-11-8-12-25(20(3)4)28(24)32-29-26-10-7-6-9-22(26)17-18-27(29)31-30(32)23-15-13-21(5)14-16-23;1-22(2,3)16-17-9-11-18(12-10-17)20-13-14-23-21(15-20)19-7-5-4-6-8-19;/h6-15,17-20H,1-5H3;4-7,9-15H,16H2,1-3H3;/q2*-1;/i5D3,19D,20D;16D2;. The number of hydrogen-bond acceptors (Lipinski definition) is 2. The Morgan fingerprint density at radius 3 is 2.12 bits per heavy atom. The van der Waals surface area contributed by atoms with Gasteiger partial charge in [-0.25, -0.2) is 0 Å². The van der Waals surface area contributed by atoms with Crippen molar-refractivity contribution in [3.05, 3.63) is 174 Å². The van der Waals surface area contributed by atoms with Gasteiger partial charge >= 0.3 is 0 Å². The molecule has 0 saturated carbocycles. The monoisotopic (exact) mass is 917 g/mol. The summed E-state index contributed by atoms with van der Waals surface area (Å²) in [6, 6.07) is 48.6. The van der Waals surface area contributed by atoms with Gasteiger partial charge in [-0.15, -0.1) is 71.3 Å². The maximum absolute atomic E-state index is 9.00. The number of hydrogen-bond donors (Lipinski definition) is 0. The zero-order valence-electron chi connectivity index (χ0n) is 40.0. The number of aromatic nitrogens is 3. The zero-order chi connectivity index (χ0) is 44.8. The van der Waals surface area contributed by atoms with Crippen molar-refractivity contribution in [3.8, 4) is 39.5 Å². The van der Waals surface area contributed by atoms with Crippen LogP contribution in [0.5, 0.6) is 0 Å². The number of rotatable bonds is 7. The van der Waals surface area contributed by atoms with Crippen molar-refractivity contribution in [2.75, 3.05) is 0 Å². The Kier molecular flexibility index (Phi) is 9.90. The summed E-state index contributed by atoms with van der Waals surface area (Å²) in [5.74, 6) is -1.32. The molecule has 1 radical (unpaired) electrons. The molecule has 56 heavy (non-hydrogen) atoms. The van der Waals surface area contributed by atoms with Crippen molar-refractivity contribution in [1.82, 2.24) is 14.5 Å². The van der Waals surface area contributed by atoms with Crippen LogP contribution >= 0.6 is 0 Å². The molecule has 0 fully saturated rings. The summed E-state index contributed by atoms with van der Waals surface area (Å²) in [4.78, 5) is 9.45. The molecule has 0 spiro atoms. The molecule has 2 heterocycles. The van der Waals surface area contributed by atoms with E-state index in [1.165, 1.54) is 6.07 Å². The van der Waals surface area contributed by atoms with E-state index in [4.69, 9.17) is 14.6 Å². The Labute approximate surface area is 357 Å². The minimum atomic E-state index is -2.23. The minimum Gasteiger partial charge on any atom is -0.332 e. The summed E-state index contributed by atoms with van der Waals surface area (Å²) in [6.07, 6.45) is 0.418. The molecular formula is C52H51IrN3-2. The number of imidazole rings is 1. The summed E-state index contributed by atoms with van der Waals surface area (Å²) in [5, 5.41) is 2.06. The minimum absolute atomic E-state index is 0. The summed E-state index contributed by atoms with van der Waals surface area (Å²) >= 11 is 0. The SMILES string of the molecule is [2H]C([2H])([2H])c1c[c-]c(-c2nc3ccc4ccccc4c3n2-c2c(C([2H])(C)C)cccc2C([2H])(C)C)cc1.[2H]C([2H])(c1ccc(-c2ccnc(-c3[c-]cccc3)c2)cc1)C(C)(C)C.[Ir]. The van der Waals surface area contributed by atoms with Crippen LogP contribution in [0.15, 0.2) is 140 Å². The van der Waals surface area contributed by atoms with Gasteiger partial charge in [0.15, 0.2) is 0 Å². The largest absolute Gasteiger partial charge is 0.332 e. The molecular weight excluding hydrogens is 859 g/mol. The van der Waals surface area contributed by atoms with E-state index >= 15 is 0 Å². The molecule has 0 aliphatic rings. The zero-order valence-corrected chi connectivity index (χ0v) is 35.3. The molecule has 0 N–H and O–H groups in total. The molecule has 8 aromatic rings. The van der Waals surface area contributed by atoms with Crippen LogP contribution in [0, 0.1) is 24.4 Å². The van der Waals surface area contributed by atoms with Gasteiger partial charge in [-0.2, -0.15) is 0 Å². The van der Waals surface area contributed by atoms with E-state index in [-0.39, 0.29) is 25.7 Å². The van der Waals surface area contributed by atoms with Crippen LogP contribution in [0.25, 0.3) is 61.3 Å². The Morgan fingerprint density at radius 1 is 0.750 bits per heavy atom. The molecule has 285 valence electrons. The predicted molar refractivity (Wildman–Crippen MR) is 233 cm³/mol. The van der Waals surface area contributed by atoms with Crippen molar-refractivity contribution in [2.24, 2.45) is 5.41 Å². The number of nitrogens with zero attached hydrogens (tertiary/aromatic N) is 3. The molecule has 0 bridgehead atoms. The molecule has 0 amide bonds. The molecule has 4 heteroatoms. The van der Waals surface area contributed by atoms with Gasteiger partial charge in [0, 0.05) is 47.0 Å². The number of para-hydroxylation sites is 1. The molecule has 8 rings (SSSR count). The second-order valence-corrected chi connectivity index (χ2v) is 15.3. The summed E-state index contributed by atoms with van der Waals surface area (Å²) in [6.45, 7) is 10.9. The van der Waals surface area contributed by atoms with Crippen molar-refractivity contribution in [3.63, 3.8) is 0 Å². The van der Waals surface area contributed by atoms with E-state index in [1.807, 2.05) is 152 Å². The van der Waals surface area contributed by atoms with Gasteiger partial charge in [-0.1, -0.05) is 134 Å². The molecule has 6 aromatic carbocycles. The number of fused-ring (bicyclic) bond motifs is 3. The van der Waals surface area contributed by atoms with E-state index in [9.17, 15) is 0 Å². The van der Waals surface area contributed by atoms with Gasteiger partial charge in [0.2, 0.25) is 0 Å². The number of benzene rings is 6. The van der Waals surface area contributed by atoms with Crippen molar-refractivity contribution >= 4 is 21.8 Å². The maximum Gasteiger partial charge on any atom is 0.0781 e. The van der Waals surface area contributed by atoms with Gasteiger partial charge < -0.3 is 9.55 Å². The van der Waals surface area contributed by atoms with Gasteiger partial charge in [-0.3, -0.25) is 4.98 Å². The Balaban J connectivity index is 0.000000222. The quantitative estimate of drug-likeness (QED) is 0.149. The molecule has 0 aliphatic carbocycles. The summed E-state index contributed by atoms with van der Waals surface area (Å²) in [7, 11) is 0. The molecule has 0 saturated heterocycles. The molecule has 0 unspecified atom stereocenters. The fourth-order valence-corrected chi connectivity index (χ4v) is 6.88. The van der Waals surface area contributed by atoms with Gasteiger partial charge in [0.05, 0.1) is 16.9 Å².